The molecule has 0 bridgehead atoms. The lowest BCUT2D eigenvalue weighted by Gasteiger charge is -2.22. The number of fused-ring (bicyclic) bond motifs is 1. The van der Waals surface area contributed by atoms with Gasteiger partial charge < -0.3 is 21.1 Å². The van der Waals surface area contributed by atoms with Gasteiger partial charge in [0, 0.05) is 35.5 Å². The van der Waals surface area contributed by atoms with Crippen molar-refractivity contribution in [3.05, 3.63) is 36.4 Å². The lowest BCUT2D eigenvalue weighted by Crippen LogP contribution is -2.43. The van der Waals surface area contributed by atoms with E-state index in [0.29, 0.717) is 30.5 Å². The molecule has 27 heavy (non-hydrogen) atoms. The first-order valence-corrected chi connectivity index (χ1v) is 9.68. The molecule has 1 saturated carbocycles. The van der Waals surface area contributed by atoms with Crippen LogP contribution in [-0.2, 0) is 4.79 Å². The molecular weight excluding hydrogens is 342 g/mol. The predicted molar refractivity (Wildman–Crippen MR) is 107 cm³/mol. The van der Waals surface area contributed by atoms with Gasteiger partial charge in [-0.25, -0.2) is 4.79 Å². The van der Waals surface area contributed by atoms with E-state index in [9.17, 15) is 14.7 Å². The molecule has 1 aliphatic carbocycles. The maximum Gasteiger partial charge on any atom is 0.315 e. The average molecular weight is 369 g/mol. The number of amides is 3. The fourth-order valence-corrected chi connectivity index (χ4v) is 3.54. The van der Waals surface area contributed by atoms with Crippen molar-refractivity contribution in [1.82, 2.24) is 10.6 Å². The van der Waals surface area contributed by atoms with Crippen LogP contribution in [0.1, 0.15) is 44.9 Å². The minimum absolute atomic E-state index is 0.111. The summed E-state index contributed by atoms with van der Waals surface area (Å²) in [6.45, 7) is 0.461. The topological polar surface area (TPSA) is 90.5 Å². The standard InChI is InChI=1S/C21H27N3O3/c25-19-13-12-18(16-9-4-5-10-17(16)19)24-20(26)11-6-14-22-21(27)23-15-7-2-1-3-8-15/h4-5,9-10,12-13,15,25H,1-3,6-8,11,14H2,(H,24,26)(H2,22,23,27). The molecule has 0 spiro atoms. The maximum absolute atomic E-state index is 12.2. The number of anilines is 1. The van der Waals surface area contributed by atoms with Gasteiger partial charge in [0.25, 0.3) is 0 Å². The molecular formula is C21H27N3O3. The van der Waals surface area contributed by atoms with Crippen LogP contribution in [0, 0.1) is 0 Å². The highest BCUT2D eigenvalue weighted by molar-refractivity contribution is 6.04. The van der Waals surface area contributed by atoms with E-state index in [-0.39, 0.29) is 23.7 Å². The monoisotopic (exact) mass is 369 g/mol. The number of rotatable bonds is 6. The molecule has 0 unspecified atom stereocenters. The van der Waals surface area contributed by atoms with E-state index in [2.05, 4.69) is 16.0 Å². The Morgan fingerprint density at radius 1 is 1.00 bits per heavy atom. The van der Waals surface area contributed by atoms with Crippen LogP contribution >= 0.6 is 0 Å². The third-order valence-electron chi connectivity index (χ3n) is 4.98. The van der Waals surface area contributed by atoms with Crippen molar-refractivity contribution in [2.45, 2.75) is 51.0 Å². The second kappa shape index (κ2) is 9.26. The van der Waals surface area contributed by atoms with Crippen LogP contribution < -0.4 is 16.0 Å². The van der Waals surface area contributed by atoms with Crippen LogP contribution in [0.3, 0.4) is 0 Å². The second-order valence-electron chi connectivity index (χ2n) is 7.06. The van der Waals surface area contributed by atoms with Crippen LogP contribution in [0.4, 0.5) is 10.5 Å². The van der Waals surface area contributed by atoms with Gasteiger partial charge in [0.1, 0.15) is 5.75 Å². The minimum atomic E-state index is -0.146. The van der Waals surface area contributed by atoms with Crippen molar-refractivity contribution in [3.8, 4) is 5.75 Å². The molecule has 4 N–H and O–H groups in total. The van der Waals surface area contributed by atoms with Gasteiger partial charge >= 0.3 is 6.03 Å². The Balaban J connectivity index is 1.41. The van der Waals surface area contributed by atoms with Crippen LogP contribution in [0.25, 0.3) is 10.8 Å². The number of carbonyl (C=O) groups excluding carboxylic acids is 2. The number of urea groups is 1. The van der Waals surface area contributed by atoms with Gasteiger partial charge in [0.15, 0.2) is 0 Å². The summed E-state index contributed by atoms with van der Waals surface area (Å²) in [4.78, 5) is 24.1. The van der Waals surface area contributed by atoms with Crippen LogP contribution in [-0.4, -0.2) is 29.6 Å². The number of benzene rings is 2. The summed E-state index contributed by atoms with van der Waals surface area (Å²) in [5.41, 5.74) is 0.677. The summed E-state index contributed by atoms with van der Waals surface area (Å²) in [6, 6.07) is 10.8. The maximum atomic E-state index is 12.2. The molecule has 3 rings (SSSR count). The molecule has 0 saturated heterocycles. The summed E-state index contributed by atoms with van der Waals surface area (Å²) in [7, 11) is 0. The van der Waals surface area contributed by atoms with Crippen molar-refractivity contribution < 1.29 is 14.7 Å². The van der Waals surface area contributed by atoms with E-state index in [1.54, 1.807) is 12.1 Å². The summed E-state index contributed by atoms with van der Waals surface area (Å²) in [5, 5.41) is 20.1. The number of hydrogen-bond acceptors (Lipinski definition) is 3. The molecule has 2 aromatic rings. The predicted octanol–water partition coefficient (Wildman–Crippen LogP) is 3.90. The molecule has 6 nitrogen and oxygen atoms in total. The third kappa shape index (κ3) is 5.36. The van der Waals surface area contributed by atoms with Gasteiger partial charge in [-0.3, -0.25) is 4.79 Å². The summed E-state index contributed by atoms with van der Waals surface area (Å²) in [6.07, 6.45) is 6.60. The second-order valence-corrected chi connectivity index (χ2v) is 7.06. The largest absolute Gasteiger partial charge is 0.507 e. The molecule has 0 radical (unpaired) electrons. The fourth-order valence-electron chi connectivity index (χ4n) is 3.54. The zero-order valence-corrected chi connectivity index (χ0v) is 15.5. The van der Waals surface area contributed by atoms with Gasteiger partial charge in [-0.15, -0.1) is 0 Å². The van der Waals surface area contributed by atoms with Crippen LogP contribution in [0.2, 0.25) is 0 Å². The lowest BCUT2D eigenvalue weighted by molar-refractivity contribution is -0.116. The van der Waals surface area contributed by atoms with E-state index in [1.165, 1.54) is 19.3 Å². The Morgan fingerprint density at radius 2 is 1.74 bits per heavy atom. The zero-order valence-electron chi connectivity index (χ0n) is 15.5. The molecule has 0 atom stereocenters. The van der Waals surface area contributed by atoms with Gasteiger partial charge in [-0.2, -0.15) is 0 Å². The minimum Gasteiger partial charge on any atom is -0.507 e. The molecule has 1 aliphatic rings. The van der Waals surface area contributed by atoms with Crippen molar-refractivity contribution in [2.24, 2.45) is 0 Å². The van der Waals surface area contributed by atoms with E-state index in [1.807, 2.05) is 24.3 Å². The van der Waals surface area contributed by atoms with E-state index in [0.717, 1.165) is 18.2 Å². The summed E-state index contributed by atoms with van der Waals surface area (Å²) >= 11 is 0. The number of hydrogen-bond donors (Lipinski definition) is 4. The third-order valence-corrected chi connectivity index (χ3v) is 4.98. The summed E-state index contributed by atoms with van der Waals surface area (Å²) < 4.78 is 0. The Hall–Kier alpha value is -2.76. The molecule has 144 valence electrons. The average Bonchev–Trinajstić information content (AvgIpc) is 2.68. The first kappa shape index (κ1) is 19.0. The van der Waals surface area contributed by atoms with Gasteiger partial charge in [-0.1, -0.05) is 43.5 Å². The summed E-state index contributed by atoms with van der Waals surface area (Å²) in [5.74, 6) is 0.0807. The zero-order chi connectivity index (χ0) is 19.1. The normalized spacial score (nSPS) is 14.7. The Kier molecular flexibility index (Phi) is 6.52. The number of phenolic OH excluding ortho intramolecular Hbond substituents is 1. The number of carbonyl (C=O) groups is 2. The first-order chi connectivity index (χ1) is 13.1. The van der Waals surface area contributed by atoms with Crippen molar-refractivity contribution in [1.29, 1.82) is 0 Å². The molecule has 2 aromatic carbocycles. The lowest BCUT2D eigenvalue weighted by atomic mass is 9.96. The van der Waals surface area contributed by atoms with Crippen molar-refractivity contribution in [3.63, 3.8) is 0 Å². The number of nitrogens with one attached hydrogen (secondary N) is 3. The highest BCUT2D eigenvalue weighted by Gasteiger charge is 2.15. The SMILES string of the molecule is O=C(CCCNC(=O)NC1CCCCC1)Nc1ccc(O)c2ccccc12. The van der Waals surface area contributed by atoms with Gasteiger partial charge in [0.2, 0.25) is 5.91 Å². The van der Waals surface area contributed by atoms with E-state index < -0.39 is 0 Å². The van der Waals surface area contributed by atoms with Gasteiger partial charge in [0.05, 0.1) is 0 Å². The quantitative estimate of drug-likeness (QED) is 0.460. The molecule has 6 heteroatoms. The molecule has 1 fully saturated rings. The highest BCUT2D eigenvalue weighted by atomic mass is 16.3. The first-order valence-electron chi connectivity index (χ1n) is 9.68. The molecule has 0 heterocycles. The van der Waals surface area contributed by atoms with Gasteiger partial charge in [-0.05, 0) is 31.4 Å². The van der Waals surface area contributed by atoms with Crippen LogP contribution in [0.5, 0.6) is 5.75 Å². The number of aromatic hydroxyl groups is 1. The van der Waals surface area contributed by atoms with Crippen molar-refractivity contribution in [2.75, 3.05) is 11.9 Å². The number of phenols is 1. The molecule has 0 aromatic heterocycles. The Morgan fingerprint density at radius 3 is 2.52 bits per heavy atom. The van der Waals surface area contributed by atoms with E-state index >= 15 is 0 Å². The smallest absolute Gasteiger partial charge is 0.315 e. The van der Waals surface area contributed by atoms with E-state index in [4.69, 9.17) is 0 Å². The Bertz CT molecular complexity index is 800. The van der Waals surface area contributed by atoms with Crippen LogP contribution in [0.15, 0.2) is 36.4 Å². The molecule has 3 amide bonds. The van der Waals surface area contributed by atoms with Crippen molar-refractivity contribution >= 4 is 28.4 Å². The highest BCUT2D eigenvalue weighted by Crippen LogP contribution is 2.30. The Labute approximate surface area is 159 Å². The fraction of sp³-hybridized carbons (Fsp3) is 0.429. The molecule has 0 aliphatic heterocycles.